The third-order valence-electron chi connectivity index (χ3n) is 5.73. The van der Waals surface area contributed by atoms with Crippen LogP contribution in [0.15, 0.2) is 18.6 Å². The largest absolute Gasteiger partial charge is 0.477 e. The Hall–Kier alpha value is -3.96. The quantitative estimate of drug-likeness (QED) is 0.510. The van der Waals surface area contributed by atoms with Gasteiger partial charge in [0.15, 0.2) is 5.65 Å². The minimum Gasteiger partial charge on any atom is -0.477 e. The molecule has 12 heteroatoms. The van der Waals surface area contributed by atoms with Crippen LogP contribution >= 0.6 is 0 Å². The molecule has 4 heterocycles. The SMILES string of the molecule is CCOc1nc(NC2CCN(C(=O)OC(C)(C)C)CC2)ncc1C(=O)Nc1cn2cc(C)nc2c(C)n1. The summed E-state index contributed by atoms with van der Waals surface area (Å²) in [5, 5.41) is 6.10. The van der Waals surface area contributed by atoms with Crippen molar-refractivity contribution < 1.29 is 19.1 Å². The topological polar surface area (TPSA) is 136 Å². The fraction of sp³-hybridized carbons (Fsp3) is 0.520. The zero-order chi connectivity index (χ0) is 26.7. The molecule has 12 nitrogen and oxygen atoms in total. The Balaban J connectivity index is 1.42. The Morgan fingerprint density at radius 2 is 1.84 bits per heavy atom. The van der Waals surface area contributed by atoms with Gasteiger partial charge in [-0.1, -0.05) is 0 Å². The van der Waals surface area contributed by atoms with E-state index in [0.29, 0.717) is 37.2 Å². The van der Waals surface area contributed by atoms with Crippen molar-refractivity contribution in [3.05, 3.63) is 35.5 Å². The highest BCUT2D eigenvalue weighted by Crippen LogP contribution is 2.22. The molecule has 0 spiro atoms. The monoisotopic (exact) mass is 510 g/mol. The smallest absolute Gasteiger partial charge is 0.410 e. The summed E-state index contributed by atoms with van der Waals surface area (Å²) in [6.07, 6.45) is 6.15. The summed E-state index contributed by atoms with van der Waals surface area (Å²) in [7, 11) is 0. The van der Waals surface area contributed by atoms with Crippen molar-refractivity contribution in [1.82, 2.24) is 29.2 Å². The number of ether oxygens (including phenoxy) is 2. The Morgan fingerprint density at radius 3 is 2.51 bits per heavy atom. The predicted molar refractivity (Wildman–Crippen MR) is 138 cm³/mol. The summed E-state index contributed by atoms with van der Waals surface area (Å²) in [4.78, 5) is 44.7. The van der Waals surface area contributed by atoms with E-state index in [1.165, 1.54) is 6.20 Å². The average molecular weight is 511 g/mol. The fourth-order valence-electron chi connectivity index (χ4n) is 4.07. The first-order valence-electron chi connectivity index (χ1n) is 12.4. The summed E-state index contributed by atoms with van der Waals surface area (Å²) in [6, 6.07) is 0.0744. The van der Waals surface area contributed by atoms with E-state index < -0.39 is 11.5 Å². The maximum Gasteiger partial charge on any atom is 0.410 e. The fourth-order valence-corrected chi connectivity index (χ4v) is 4.07. The maximum atomic E-state index is 13.1. The molecule has 3 aromatic rings. The number of imidazole rings is 1. The Kier molecular flexibility index (Phi) is 7.46. The number of nitrogens with zero attached hydrogens (tertiary/aromatic N) is 6. The number of hydrogen-bond donors (Lipinski definition) is 2. The van der Waals surface area contributed by atoms with Gasteiger partial charge in [-0.15, -0.1) is 0 Å². The van der Waals surface area contributed by atoms with E-state index in [1.807, 2.05) is 52.1 Å². The van der Waals surface area contributed by atoms with Crippen LogP contribution in [-0.4, -0.2) is 72.6 Å². The molecule has 0 radical (unpaired) electrons. The van der Waals surface area contributed by atoms with Crippen LogP contribution < -0.4 is 15.4 Å². The lowest BCUT2D eigenvalue weighted by molar-refractivity contribution is 0.0210. The van der Waals surface area contributed by atoms with E-state index >= 15 is 0 Å². The molecule has 0 aromatic carbocycles. The van der Waals surface area contributed by atoms with Crippen LogP contribution in [0.3, 0.4) is 0 Å². The molecule has 1 aliphatic heterocycles. The molecule has 1 fully saturated rings. The molecule has 0 aliphatic carbocycles. The molecule has 37 heavy (non-hydrogen) atoms. The van der Waals surface area contributed by atoms with Gasteiger partial charge in [0.05, 0.1) is 24.2 Å². The lowest BCUT2D eigenvalue weighted by Crippen LogP contribution is -2.44. The van der Waals surface area contributed by atoms with E-state index in [1.54, 1.807) is 11.1 Å². The van der Waals surface area contributed by atoms with Gasteiger partial charge in [0, 0.05) is 31.5 Å². The first kappa shape index (κ1) is 26.1. The van der Waals surface area contributed by atoms with E-state index in [9.17, 15) is 9.59 Å². The van der Waals surface area contributed by atoms with Crippen LogP contribution in [0, 0.1) is 13.8 Å². The van der Waals surface area contributed by atoms with E-state index in [0.717, 1.165) is 24.2 Å². The lowest BCUT2D eigenvalue weighted by Gasteiger charge is -2.33. The number of anilines is 2. The van der Waals surface area contributed by atoms with Crippen molar-refractivity contribution in [2.24, 2.45) is 0 Å². The number of piperidine rings is 1. The summed E-state index contributed by atoms with van der Waals surface area (Å²) in [5.74, 6) is 0.498. The number of fused-ring (bicyclic) bond motifs is 1. The minimum absolute atomic E-state index is 0.0744. The highest BCUT2D eigenvalue weighted by atomic mass is 16.6. The predicted octanol–water partition coefficient (Wildman–Crippen LogP) is 3.60. The average Bonchev–Trinajstić information content (AvgIpc) is 3.19. The first-order valence-corrected chi connectivity index (χ1v) is 12.4. The Morgan fingerprint density at radius 1 is 1.11 bits per heavy atom. The summed E-state index contributed by atoms with van der Waals surface area (Å²) in [6.45, 7) is 12.6. The van der Waals surface area contributed by atoms with Gasteiger partial charge in [-0.05, 0) is 54.4 Å². The molecule has 3 aromatic heterocycles. The van der Waals surface area contributed by atoms with Crippen LogP contribution in [0.5, 0.6) is 5.88 Å². The van der Waals surface area contributed by atoms with E-state index in [-0.39, 0.29) is 23.6 Å². The van der Waals surface area contributed by atoms with E-state index in [2.05, 4.69) is 30.6 Å². The number of aryl methyl sites for hydroxylation is 2. The minimum atomic E-state index is -0.524. The normalized spacial score (nSPS) is 14.5. The molecule has 4 rings (SSSR count). The number of carbonyl (C=O) groups is 2. The van der Waals surface area contributed by atoms with Crippen LogP contribution in [0.4, 0.5) is 16.6 Å². The molecule has 198 valence electrons. The number of aromatic nitrogens is 5. The molecular formula is C25H34N8O4. The molecule has 0 saturated carbocycles. The van der Waals surface area contributed by atoms with Gasteiger partial charge in [0.1, 0.15) is 17.0 Å². The van der Waals surface area contributed by atoms with Crippen LogP contribution in [0.25, 0.3) is 5.65 Å². The maximum absolute atomic E-state index is 13.1. The van der Waals surface area contributed by atoms with Gasteiger partial charge in [0.2, 0.25) is 11.8 Å². The molecule has 2 amide bonds. The third-order valence-corrected chi connectivity index (χ3v) is 5.73. The molecule has 2 N–H and O–H groups in total. The number of hydrogen-bond acceptors (Lipinski definition) is 9. The number of amides is 2. The highest BCUT2D eigenvalue weighted by molar-refractivity contribution is 6.05. The number of likely N-dealkylation sites (tertiary alicyclic amines) is 1. The van der Waals surface area contributed by atoms with Gasteiger partial charge in [-0.2, -0.15) is 4.98 Å². The van der Waals surface area contributed by atoms with E-state index in [4.69, 9.17) is 9.47 Å². The van der Waals surface area contributed by atoms with Crippen LogP contribution in [0.2, 0.25) is 0 Å². The molecule has 0 unspecified atom stereocenters. The van der Waals surface area contributed by atoms with Crippen molar-refractivity contribution in [3.8, 4) is 5.88 Å². The lowest BCUT2D eigenvalue weighted by atomic mass is 10.1. The summed E-state index contributed by atoms with van der Waals surface area (Å²) in [5.41, 5.74) is 1.97. The van der Waals surface area contributed by atoms with Crippen molar-refractivity contribution in [3.63, 3.8) is 0 Å². The van der Waals surface area contributed by atoms with Gasteiger partial charge in [-0.25, -0.2) is 19.7 Å². The van der Waals surface area contributed by atoms with Gasteiger partial charge in [-0.3, -0.25) is 4.79 Å². The van der Waals surface area contributed by atoms with Crippen molar-refractivity contribution in [2.45, 2.75) is 66.0 Å². The van der Waals surface area contributed by atoms with Crippen molar-refractivity contribution in [1.29, 1.82) is 0 Å². The molecule has 0 bridgehead atoms. The van der Waals surface area contributed by atoms with Crippen LogP contribution in [-0.2, 0) is 4.74 Å². The highest BCUT2D eigenvalue weighted by Gasteiger charge is 2.27. The third kappa shape index (κ3) is 6.43. The number of carbonyl (C=O) groups excluding carboxylic acids is 2. The standard InChI is InChI=1S/C25H34N8O4/c1-7-36-22-18(21(34)30-19-14-33-13-15(2)27-20(33)16(3)28-19)12-26-23(31-22)29-17-8-10-32(11-9-17)24(35)37-25(4,5)6/h12-14,17H,7-11H2,1-6H3,(H,30,34)(H,26,29,31). The molecule has 1 saturated heterocycles. The van der Waals surface area contributed by atoms with Crippen molar-refractivity contribution >= 4 is 29.4 Å². The summed E-state index contributed by atoms with van der Waals surface area (Å²) < 4.78 is 12.9. The Bertz CT molecular complexity index is 1290. The second kappa shape index (κ2) is 10.6. The number of rotatable bonds is 6. The second-order valence-electron chi connectivity index (χ2n) is 10.0. The van der Waals surface area contributed by atoms with Crippen molar-refractivity contribution in [2.75, 3.05) is 30.3 Å². The second-order valence-corrected chi connectivity index (χ2v) is 10.0. The summed E-state index contributed by atoms with van der Waals surface area (Å²) >= 11 is 0. The first-order chi connectivity index (χ1) is 17.5. The number of nitrogens with one attached hydrogen (secondary N) is 2. The van der Waals surface area contributed by atoms with Gasteiger partial charge >= 0.3 is 6.09 Å². The zero-order valence-corrected chi connectivity index (χ0v) is 22.2. The zero-order valence-electron chi connectivity index (χ0n) is 22.2. The van der Waals surface area contributed by atoms with Crippen LogP contribution in [0.1, 0.15) is 62.3 Å². The van der Waals surface area contributed by atoms with Gasteiger partial charge < -0.3 is 29.4 Å². The Labute approximate surface area is 215 Å². The molecule has 0 atom stereocenters. The molecule has 1 aliphatic rings. The van der Waals surface area contributed by atoms with Gasteiger partial charge in [0.25, 0.3) is 5.91 Å². The molecular weight excluding hydrogens is 476 g/mol.